The number of halogens is 1. The summed E-state index contributed by atoms with van der Waals surface area (Å²) in [5, 5.41) is 18.1. The van der Waals surface area contributed by atoms with Crippen LogP contribution in [-0.4, -0.2) is 58.7 Å². The number of hydrogen-bond acceptors (Lipinski definition) is 5. The highest BCUT2D eigenvalue weighted by Crippen LogP contribution is 2.20. The van der Waals surface area contributed by atoms with E-state index in [0.29, 0.717) is 25.4 Å². The first-order valence-electron chi connectivity index (χ1n) is 8.36. The molecule has 0 radical (unpaired) electrons. The van der Waals surface area contributed by atoms with Crippen LogP contribution in [0.15, 0.2) is 24.3 Å². The molecule has 3 rings (SSSR count). The molecule has 0 bridgehead atoms. The van der Waals surface area contributed by atoms with E-state index in [9.17, 15) is 9.50 Å². The number of aromatic amines is 1. The van der Waals surface area contributed by atoms with E-state index < -0.39 is 5.60 Å². The highest BCUT2D eigenvalue weighted by Gasteiger charge is 2.34. The highest BCUT2D eigenvalue weighted by atomic mass is 19.1. The summed E-state index contributed by atoms with van der Waals surface area (Å²) >= 11 is 0. The van der Waals surface area contributed by atoms with Crippen molar-refractivity contribution in [2.24, 2.45) is 0 Å². The van der Waals surface area contributed by atoms with Gasteiger partial charge in [0.2, 0.25) is 0 Å². The molecule has 0 aliphatic carbocycles. The van der Waals surface area contributed by atoms with Crippen molar-refractivity contribution in [1.82, 2.24) is 15.1 Å². The molecule has 0 unspecified atom stereocenters. The Morgan fingerprint density at radius 3 is 2.80 bits per heavy atom. The van der Waals surface area contributed by atoms with Crippen molar-refractivity contribution in [3.8, 4) is 5.75 Å². The zero-order valence-corrected chi connectivity index (χ0v) is 14.6. The predicted molar refractivity (Wildman–Crippen MR) is 91.0 cm³/mol. The first kappa shape index (κ1) is 17.8. The molecule has 2 N–H and O–H groups in total. The molecule has 2 aromatic rings. The van der Waals surface area contributed by atoms with Crippen LogP contribution in [0, 0.1) is 19.7 Å². The normalized spacial score (nSPS) is 21.9. The van der Waals surface area contributed by atoms with Crippen molar-refractivity contribution < 1.29 is 19.0 Å². The fourth-order valence-electron chi connectivity index (χ4n) is 3.00. The van der Waals surface area contributed by atoms with Crippen molar-refractivity contribution in [2.75, 3.05) is 32.9 Å². The van der Waals surface area contributed by atoms with E-state index in [4.69, 9.17) is 9.47 Å². The number of β-amino-alcohol motifs (C(OH)–C–C–N with tert-alkyl or cyclic N) is 1. The van der Waals surface area contributed by atoms with Gasteiger partial charge >= 0.3 is 0 Å². The van der Waals surface area contributed by atoms with E-state index in [2.05, 4.69) is 15.1 Å². The Labute approximate surface area is 146 Å². The maximum absolute atomic E-state index is 13.0. The number of H-pyrrole nitrogens is 1. The molecule has 1 saturated heterocycles. The second-order valence-electron chi connectivity index (χ2n) is 6.64. The molecule has 1 aromatic carbocycles. The van der Waals surface area contributed by atoms with Crippen LogP contribution in [0.1, 0.15) is 17.0 Å². The maximum atomic E-state index is 13.0. The quantitative estimate of drug-likeness (QED) is 0.861. The van der Waals surface area contributed by atoms with E-state index in [1.54, 1.807) is 12.1 Å². The minimum absolute atomic E-state index is 0.0818. The van der Waals surface area contributed by atoms with Crippen molar-refractivity contribution in [3.05, 3.63) is 47.0 Å². The number of hydrogen-bond donors (Lipinski definition) is 2. The van der Waals surface area contributed by atoms with Gasteiger partial charge in [-0.25, -0.2) is 4.39 Å². The SMILES string of the molecule is Cc1n[nH]c(C)c1CN1CCOC[C@@](O)(COc2ccc(F)cc2)C1. The first-order valence-corrected chi connectivity index (χ1v) is 8.36. The Balaban J connectivity index is 1.64. The van der Waals surface area contributed by atoms with E-state index in [-0.39, 0.29) is 19.0 Å². The monoisotopic (exact) mass is 349 g/mol. The van der Waals surface area contributed by atoms with Crippen molar-refractivity contribution >= 4 is 0 Å². The van der Waals surface area contributed by atoms with Crippen LogP contribution in [0.2, 0.25) is 0 Å². The lowest BCUT2D eigenvalue weighted by Gasteiger charge is -2.30. The summed E-state index contributed by atoms with van der Waals surface area (Å²) in [6.45, 7) is 6.64. The first-order chi connectivity index (χ1) is 12.0. The van der Waals surface area contributed by atoms with Gasteiger partial charge in [0, 0.05) is 30.9 Å². The minimum atomic E-state index is -1.13. The largest absolute Gasteiger partial charge is 0.490 e. The third-order valence-electron chi connectivity index (χ3n) is 4.42. The highest BCUT2D eigenvalue weighted by molar-refractivity contribution is 5.23. The molecule has 0 spiro atoms. The van der Waals surface area contributed by atoms with E-state index in [0.717, 1.165) is 23.5 Å². The van der Waals surface area contributed by atoms with E-state index in [1.165, 1.54) is 12.1 Å². The summed E-state index contributed by atoms with van der Waals surface area (Å²) in [5.41, 5.74) is 2.02. The summed E-state index contributed by atoms with van der Waals surface area (Å²) in [6.07, 6.45) is 0. The molecular formula is C18H24FN3O3. The number of ether oxygens (including phenoxy) is 2. The number of aromatic nitrogens is 2. The van der Waals surface area contributed by atoms with Crippen LogP contribution in [0.5, 0.6) is 5.75 Å². The molecule has 136 valence electrons. The summed E-state index contributed by atoms with van der Waals surface area (Å²) < 4.78 is 24.2. The smallest absolute Gasteiger partial charge is 0.134 e. The molecular weight excluding hydrogens is 325 g/mol. The van der Waals surface area contributed by atoms with Gasteiger partial charge in [0.1, 0.15) is 23.8 Å². The predicted octanol–water partition coefficient (Wildman–Crippen LogP) is 1.81. The van der Waals surface area contributed by atoms with Gasteiger partial charge in [-0.05, 0) is 38.1 Å². The lowest BCUT2D eigenvalue weighted by atomic mass is 10.1. The summed E-state index contributed by atoms with van der Waals surface area (Å²) in [7, 11) is 0. The Morgan fingerprint density at radius 1 is 1.36 bits per heavy atom. The van der Waals surface area contributed by atoms with Crippen LogP contribution >= 0.6 is 0 Å². The van der Waals surface area contributed by atoms with Crippen molar-refractivity contribution in [3.63, 3.8) is 0 Å². The molecule has 2 heterocycles. The molecule has 25 heavy (non-hydrogen) atoms. The van der Waals surface area contributed by atoms with Gasteiger partial charge in [0.15, 0.2) is 0 Å². The third kappa shape index (κ3) is 4.56. The Kier molecular flexibility index (Phi) is 5.36. The molecule has 0 saturated carbocycles. The van der Waals surface area contributed by atoms with Gasteiger partial charge in [-0.15, -0.1) is 0 Å². The zero-order chi connectivity index (χ0) is 17.9. The number of aryl methyl sites for hydroxylation is 2. The number of nitrogens with one attached hydrogen (secondary N) is 1. The molecule has 6 nitrogen and oxygen atoms in total. The van der Waals surface area contributed by atoms with Gasteiger partial charge in [-0.1, -0.05) is 0 Å². The molecule has 1 aliphatic rings. The number of benzene rings is 1. The minimum Gasteiger partial charge on any atom is -0.490 e. The molecule has 0 amide bonds. The van der Waals surface area contributed by atoms with Crippen LogP contribution in [0.3, 0.4) is 0 Å². The average Bonchev–Trinajstić information content (AvgIpc) is 2.79. The molecule has 1 aromatic heterocycles. The molecule has 7 heteroatoms. The standard InChI is InChI=1S/C18H24FN3O3/c1-13-17(14(2)21-20-13)9-22-7-8-24-11-18(23,10-22)12-25-16-5-3-15(19)4-6-16/h3-6,23H,7-12H2,1-2H3,(H,20,21)/t18-/m1/s1. The van der Waals surface area contributed by atoms with Crippen LogP contribution < -0.4 is 4.74 Å². The topological polar surface area (TPSA) is 70.6 Å². The van der Waals surface area contributed by atoms with Crippen LogP contribution in [0.4, 0.5) is 4.39 Å². The lowest BCUT2D eigenvalue weighted by Crippen LogP contribution is -2.48. The Morgan fingerprint density at radius 2 is 2.12 bits per heavy atom. The fourth-order valence-corrected chi connectivity index (χ4v) is 3.00. The fraction of sp³-hybridized carbons (Fsp3) is 0.500. The third-order valence-corrected chi connectivity index (χ3v) is 4.42. The van der Waals surface area contributed by atoms with Crippen molar-refractivity contribution in [1.29, 1.82) is 0 Å². The van der Waals surface area contributed by atoms with E-state index >= 15 is 0 Å². The van der Waals surface area contributed by atoms with Crippen molar-refractivity contribution in [2.45, 2.75) is 26.0 Å². The Bertz CT molecular complexity index is 685. The number of nitrogens with zero attached hydrogens (tertiary/aromatic N) is 2. The number of rotatable bonds is 5. The van der Waals surface area contributed by atoms with Gasteiger partial charge in [0.25, 0.3) is 0 Å². The summed E-state index contributed by atoms with van der Waals surface area (Å²) in [6, 6.07) is 5.76. The maximum Gasteiger partial charge on any atom is 0.134 e. The zero-order valence-electron chi connectivity index (χ0n) is 14.6. The van der Waals surface area contributed by atoms with E-state index in [1.807, 2.05) is 13.8 Å². The summed E-state index contributed by atoms with van der Waals surface area (Å²) in [5.74, 6) is 0.202. The van der Waals surface area contributed by atoms with Gasteiger partial charge in [0.05, 0.1) is 18.9 Å². The van der Waals surface area contributed by atoms with Gasteiger partial charge < -0.3 is 14.6 Å². The second kappa shape index (κ2) is 7.51. The van der Waals surface area contributed by atoms with Gasteiger partial charge in [-0.3, -0.25) is 10.00 Å². The number of aliphatic hydroxyl groups is 1. The molecule has 1 aliphatic heterocycles. The van der Waals surface area contributed by atoms with Crippen LogP contribution in [-0.2, 0) is 11.3 Å². The lowest BCUT2D eigenvalue weighted by molar-refractivity contribution is -0.0647. The van der Waals surface area contributed by atoms with Crippen LogP contribution in [0.25, 0.3) is 0 Å². The Hall–Kier alpha value is -1.96. The second-order valence-corrected chi connectivity index (χ2v) is 6.64. The van der Waals surface area contributed by atoms with Gasteiger partial charge in [-0.2, -0.15) is 5.10 Å². The summed E-state index contributed by atoms with van der Waals surface area (Å²) in [4.78, 5) is 2.14. The molecule has 1 atom stereocenters. The average molecular weight is 349 g/mol. The molecule has 1 fully saturated rings.